The third kappa shape index (κ3) is 2.20. The second-order valence-corrected chi connectivity index (χ2v) is 6.08. The molecule has 5 heteroatoms. The van der Waals surface area contributed by atoms with Gasteiger partial charge in [0.05, 0.1) is 10.2 Å². The molecule has 0 aliphatic heterocycles. The molecule has 0 bridgehead atoms. The zero-order chi connectivity index (χ0) is 12.7. The maximum absolute atomic E-state index is 5.88. The lowest BCUT2D eigenvalue weighted by Gasteiger charge is -1.96. The molecular formula is C13H7Br2ClN2. The van der Waals surface area contributed by atoms with Crippen LogP contribution < -0.4 is 0 Å². The topological polar surface area (TPSA) is 17.3 Å². The number of hydrogen-bond donors (Lipinski definition) is 0. The van der Waals surface area contributed by atoms with E-state index in [-0.39, 0.29) is 0 Å². The van der Waals surface area contributed by atoms with Crippen molar-refractivity contribution < 1.29 is 0 Å². The molecular weight excluding hydrogens is 379 g/mol. The van der Waals surface area contributed by atoms with Crippen LogP contribution in [0.4, 0.5) is 0 Å². The molecule has 0 spiro atoms. The van der Waals surface area contributed by atoms with Crippen molar-refractivity contribution in [2.24, 2.45) is 0 Å². The fraction of sp³-hybridized carbons (Fsp3) is 0. The largest absolute Gasteiger partial charge is 0.304 e. The zero-order valence-corrected chi connectivity index (χ0v) is 13.0. The van der Waals surface area contributed by atoms with Gasteiger partial charge < -0.3 is 4.40 Å². The number of imidazole rings is 1. The number of benzene rings is 1. The van der Waals surface area contributed by atoms with Gasteiger partial charge >= 0.3 is 0 Å². The van der Waals surface area contributed by atoms with Gasteiger partial charge in [-0.15, -0.1) is 0 Å². The molecule has 0 atom stereocenters. The maximum atomic E-state index is 5.88. The average molecular weight is 386 g/mol. The van der Waals surface area contributed by atoms with E-state index in [2.05, 4.69) is 36.8 Å². The van der Waals surface area contributed by atoms with Crippen LogP contribution >= 0.6 is 43.5 Å². The fourth-order valence-corrected chi connectivity index (χ4v) is 3.21. The molecule has 3 rings (SSSR count). The molecule has 0 radical (unpaired) electrons. The summed E-state index contributed by atoms with van der Waals surface area (Å²) in [6, 6.07) is 9.64. The van der Waals surface area contributed by atoms with Crippen molar-refractivity contribution in [3.8, 4) is 11.3 Å². The van der Waals surface area contributed by atoms with Crippen LogP contribution in [-0.4, -0.2) is 9.38 Å². The summed E-state index contributed by atoms with van der Waals surface area (Å²) < 4.78 is 3.94. The van der Waals surface area contributed by atoms with Gasteiger partial charge in [-0.1, -0.05) is 23.7 Å². The molecule has 0 fully saturated rings. The van der Waals surface area contributed by atoms with E-state index in [1.807, 2.05) is 47.1 Å². The number of pyridine rings is 1. The van der Waals surface area contributed by atoms with Crippen LogP contribution in [0.3, 0.4) is 0 Å². The van der Waals surface area contributed by atoms with E-state index in [0.29, 0.717) is 0 Å². The van der Waals surface area contributed by atoms with E-state index >= 15 is 0 Å². The Balaban J connectivity index is 2.19. The Morgan fingerprint density at radius 1 is 1.06 bits per heavy atom. The number of nitrogens with zero attached hydrogens (tertiary/aromatic N) is 2. The van der Waals surface area contributed by atoms with Crippen molar-refractivity contribution in [3.63, 3.8) is 0 Å². The highest BCUT2D eigenvalue weighted by Gasteiger charge is 2.07. The first-order valence-electron chi connectivity index (χ1n) is 5.23. The second kappa shape index (κ2) is 4.68. The van der Waals surface area contributed by atoms with Gasteiger partial charge in [0.1, 0.15) is 0 Å². The van der Waals surface area contributed by atoms with E-state index in [0.717, 1.165) is 30.9 Å². The van der Waals surface area contributed by atoms with Gasteiger partial charge in [0.25, 0.3) is 0 Å². The number of fused-ring (bicyclic) bond motifs is 1. The number of rotatable bonds is 1. The van der Waals surface area contributed by atoms with Crippen molar-refractivity contribution in [2.45, 2.75) is 0 Å². The fourth-order valence-electron chi connectivity index (χ4n) is 1.78. The van der Waals surface area contributed by atoms with Gasteiger partial charge in [0.15, 0.2) is 5.65 Å². The summed E-state index contributed by atoms with van der Waals surface area (Å²) in [7, 11) is 0. The summed E-state index contributed by atoms with van der Waals surface area (Å²) in [5, 5.41) is 0.728. The molecule has 3 aromatic rings. The van der Waals surface area contributed by atoms with Crippen LogP contribution in [0.2, 0.25) is 5.02 Å². The molecule has 0 amide bonds. The predicted molar refractivity (Wildman–Crippen MR) is 81.0 cm³/mol. The van der Waals surface area contributed by atoms with E-state index < -0.39 is 0 Å². The highest BCUT2D eigenvalue weighted by atomic mass is 79.9. The molecule has 0 N–H and O–H groups in total. The quantitative estimate of drug-likeness (QED) is 0.563. The molecule has 2 nitrogen and oxygen atoms in total. The van der Waals surface area contributed by atoms with Crippen LogP contribution in [0.25, 0.3) is 16.9 Å². The van der Waals surface area contributed by atoms with Crippen LogP contribution in [0.15, 0.2) is 51.7 Å². The van der Waals surface area contributed by atoms with Gasteiger partial charge in [-0.05, 0) is 50.1 Å². The molecule has 0 aliphatic rings. The SMILES string of the molecule is Clc1ccc(-c2cn3cc(Br)cc(Br)c3n2)cc1. The van der Waals surface area contributed by atoms with Crippen molar-refractivity contribution in [2.75, 3.05) is 0 Å². The Bertz CT molecular complexity index is 720. The van der Waals surface area contributed by atoms with E-state index in [4.69, 9.17) is 11.6 Å². The van der Waals surface area contributed by atoms with Gasteiger partial charge in [-0.2, -0.15) is 0 Å². The Morgan fingerprint density at radius 3 is 2.50 bits per heavy atom. The lowest BCUT2D eigenvalue weighted by atomic mass is 10.2. The smallest absolute Gasteiger partial charge is 0.151 e. The maximum Gasteiger partial charge on any atom is 0.151 e. The minimum atomic E-state index is 0.728. The molecule has 0 unspecified atom stereocenters. The lowest BCUT2D eigenvalue weighted by Crippen LogP contribution is -1.83. The predicted octanol–water partition coefficient (Wildman–Crippen LogP) is 5.18. The first-order valence-corrected chi connectivity index (χ1v) is 7.19. The molecule has 90 valence electrons. The molecule has 18 heavy (non-hydrogen) atoms. The van der Waals surface area contributed by atoms with Crippen molar-refractivity contribution in [3.05, 3.63) is 56.7 Å². The zero-order valence-electron chi connectivity index (χ0n) is 9.07. The Kier molecular flexibility index (Phi) is 3.18. The van der Waals surface area contributed by atoms with Gasteiger partial charge in [-0.3, -0.25) is 0 Å². The van der Waals surface area contributed by atoms with Crippen LogP contribution in [-0.2, 0) is 0 Å². The Morgan fingerprint density at radius 2 is 1.78 bits per heavy atom. The summed E-state index contributed by atoms with van der Waals surface area (Å²) in [5.41, 5.74) is 2.86. The number of halogens is 3. The molecule has 0 saturated heterocycles. The first kappa shape index (κ1) is 12.2. The second-order valence-electron chi connectivity index (χ2n) is 3.87. The van der Waals surface area contributed by atoms with Crippen molar-refractivity contribution in [1.29, 1.82) is 0 Å². The van der Waals surface area contributed by atoms with Crippen LogP contribution in [0.5, 0.6) is 0 Å². The van der Waals surface area contributed by atoms with E-state index in [9.17, 15) is 0 Å². The van der Waals surface area contributed by atoms with Crippen molar-refractivity contribution >= 4 is 49.1 Å². The monoisotopic (exact) mass is 384 g/mol. The molecule has 2 aromatic heterocycles. The summed E-state index contributed by atoms with van der Waals surface area (Å²) in [5.74, 6) is 0. The summed E-state index contributed by atoms with van der Waals surface area (Å²) >= 11 is 12.9. The lowest BCUT2D eigenvalue weighted by molar-refractivity contribution is 1.17. The first-order chi connectivity index (χ1) is 8.63. The summed E-state index contributed by atoms with van der Waals surface area (Å²) in [6.45, 7) is 0. The van der Waals surface area contributed by atoms with Gasteiger partial charge in [-0.25, -0.2) is 4.98 Å². The molecule has 0 saturated carbocycles. The summed E-state index contributed by atoms with van der Waals surface area (Å²) in [4.78, 5) is 4.61. The van der Waals surface area contributed by atoms with E-state index in [1.165, 1.54) is 0 Å². The normalized spacial score (nSPS) is 11.1. The summed E-state index contributed by atoms with van der Waals surface area (Å²) in [6.07, 6.45) is 3.97. The average Bonchev–Trinajstić information content (AvgIpc) is 2.74. The Labute approximate surface area is 126 Å². The van der Waals surface area contributed by atoms with Crippen LogP contribution in [0, 0.1) is 0 Å². The Hall–Kier alpha value is -0.840. The minimum absolute atomic E-state index is 0.728. The number of hydrogen-bond acceptors (Lipinski definition) is 1. The third-order valence-electron chi connectivity index (χ3n) is 2.61. The van der Waals surface area contributed by atoms with E-state index in [1.54, 1.807) is 0 Å². The highest BCUT2D eigenvalue weighted by Crippen LogP contribution is 2.26. The van der Waals surface area contributed by atoms with Crippen LogP contribution in [0.1, 0.15) is 0 Å². The molecule has 2 heterocycles. The highest BCUT2D eigenvalue weighted by molar-refractivity contribution is 9.11. The number of aromatic nitrogens is 2. The van der Waals surface area contributed by atoms with Gasteiger partial charge in [0, 0.05) is 27.5 Å². The third-order valence-corrected chi connectivity index (χ3v) is 3.88. The standard InChI is InChI=1S/C13H7Br2ClN2/c14-9-5-11(15)13-17-12(7-18(13)6-9)8-1-3-10(16)4-2-8/h1-7H. The van der Waals surface area contributed by atoms with Gasteiger partial charge in [0.2, 0.25) is 0 Å². The molecule has 1 aromatic carbocycles. The minimum Gasteiger partial charge on any atom is -0.304 e. The molecule has 0 aliphatic carbocycles. The van der Waals surface area contributed by atoms with Crippen molar-refractivity contribution in [1.82, 2.24) is 9.38 Å².